The summed E-state index contributed by atoms with van der Waals surface area (Å²) in [6, 6.07) is 10.2. The van der Waals surface area contributed by atoms with E-state index in [4.69, 9.17) is 0 Å². The van der Waals surface area contributed by atoms with Gasteiger partial charge in [0.15, 0.2) is 0 Å². The van der Waals surface area contributed by atoms with Crippen LogP contribution < -0.4 is 5.32 Å². The zero-order valence-electron chi connectivity index (χ0n) is 12.2. The summed E-state index contributed by atoms with van der Waals surface area (Å²) in [5, 5.41) is 7.11. The van der Waals surface area contributed by atoms with E-state index in [2.05, 4.69) is 15.3 Å². The highest BCUT2D eigenvalue weighted by Crippen LogP contribution is 2.35. The van der Waals surface area contributed by atoms with Crippen molar-refractivity contribution in [1.82, 2.24) is 9.97 Å². The highest BCUT2D eigenvalue weighted by atomic mass is 32.1. The number of aromatic nitrogens is 2. The molecule has 0 aliphatic carbocycles. The summed E-state index contributed by atoms with van der Waals surface area (Å²) in [6.45, 7) is 0. The van der Waals surface area contributed by atoms with Gasteiger partial charge in [0.25, 0.3) is 6.43 Å². The van der Waals surface area contributed by atoms with Crippen LogP contribution in [0.25, 0.3) is 20.8 Å². The Kier molecular flexibility index (Phi) is 3.95. The molecule has 0 aliphatic heterocycles. The monoisotopic (exact) mass is 359 g/mol. The van der Waals surface area contributed by atoms with Crippen LogP contribution in [0.4, 0.5) is 20.2 Å². The first-order chi connectivity index (χ1) is 11.7. The van der Waals surface area contributed by atoms with Crippen LogP contribution in [-0.4, -0.2) is 9.97 Å². The fourth-order valence-electron chi connectivity index (χ4n) is 2.41. The molecule has 0 bridgehead atoms. The van der Waals surface area contributed by atoms with Gasteiger partial charge in [0.1, 0.15) is 12.0 Å². The molecule has 1 N–H and O–H groups in total. The van der Waals surface area contributed by atoms with Gasteiger partial charge in [-0.25, -0.2) is 18.7 Å². The van der Waals surface area contributed by atoms with Crippen LogP contribution in [-0.2, 0) is 0 Å². The molecule has 3 nitrogen and oxygen atoms in total. The second-order valence-electron chi connectivity index (χ2n) is 5.11. The minimum Gasteiger partial charge on any atom is -0.355 e. The van der Waals surface area contributed by atoms with E-state index in [0.717, 1.165) is 26.5 Å². The van der Waals surface area contributed by atoms with Gasteiger partial charge in [0, 0.05) is 22.3 Å². The van der Waals surface area contributed by atoms with Crippen molar-refractivity contribution in [3.63, 3.8) is 0 Å². The molecule has 4 aromatic rings. The largest absolute Gasteiger partial charge is 0.355 e. The molecule has 0 radical (unpaired) electrons. The van der Waals surface area contributed by atoms with Gasteiger partial charge in [-0.1, -0.05) is 12.1 Å². The smallest absolute Gasteiger partial charge is 0.263 e. The number of anilines is 2. The Balaban J connectivity index is 1.64. The van der Waals surface area contributed by atoms with Gasteiger partial charge in [-0.15, -0.1) is 22.7 Å². The molecule has 0 saturated heterocycles. The summed E-state index contributed by atoms with van der Waals surface area (Å²) in [7, 11) is 0. The number of fused-ring (bicyclic) bond motifs is 1. The van der Waals surface area contributed by atoms with Crippen molar-refractivity contribution in [3.05, 3.63) is 59.0 Å². The van der Waals surface area contributed by atoms with Gasteiger partial charge in [-0.3, -0.25) is 0 Å². The van der Waals surface area contributed by atoms with E-state index in [9.17, 15) is 8.78 Å². The molecule has 0 unspecified atom stereocenters. The van der Waals surface area contributed by atoms with Gasteiger partial charge in [-0.2, -0.15) is 0 Å². The molecule has 7 heteroatoms. The molecule has 3 heterocycles. The molecule has 120 valence electrons. The number of nitrogens with one attached hydrogen (secondary N) is 1. The molecule has 0 fully saturated rings. The topological polar surface area (TPSA) is 37.8 Å². The van der Waals surface area contributed by atoms with Crippen molar-refractivity contribution in [3.8, 4) is 10.6 Å². The first-order valence-electron chi connectivity index (χ1n) is 7.13. The molecule has 3 aromatic heterocycles. The van der Waals surface area contributed by atoms with E-state index in [1.165, 1.54) is 12.1 Å². The van der Waals surface area contributed by atoms with Crippen LogP contribution in [0.2, 0.25) is 0 Å². The lowest BCUT2D eigenvalue weighted by molar-refractivity contribution is 0.151. The number of benzene rings is 1. The van der Waals surface area contributed by atoms with E-state index in [1.54, 1.807) is 41.1 Å². The van der Waals surface area contributed by atoms with Crippen LogP contribution in [0, 0.1) is 0 Å². The standard InChI is InChI=1S/C17H11F2N3S2/c18-17(19)10-2-1-3-11(6-10)22-12-7-14(24-8-12)15-16-13(4-5-23-16)20-9-21-15/h1-9,17,22H. The zero-order valence-corrected chi connectivity index (χ0v) is 13.9. The molecular formula is C17H11F2N3S2. The Bertz CT molecular complexity index is 994. The van der Waals surface area contributed by atoms with Gasteiger partial charge >= 0.3 is 0 Å². The Morgan fingerprint density at radius 3 is 2.79 bits per heavy atom. The number of hydrogen-bond acceptors (Lipinski definition) is 5. The molecular weight excluding hydrogens is 348 g/mol. The molecule has 0 atom stereocenters. The normalized spacial score (nSPS) is 11.3. The summed E-state index contributed by atoms with van der Waals surface area (Å²) in [6.07, 6.45) is -0.915. The number of rotatable bonds is 4. The first-order valence-corrected chi connectivity index (χ1v) is 8.89. The minimum atomic E-state index is -2.47. The number of nitrogens with zero attached hydrogens (tertiary/aromatic N) is 2. The third-order valence-electron chi connectivity index (χ3n) is 3.50. The number of thiophene rings is 2. The fourth-order valence-corrected chi connectivity index (χ4v) is 4.16. The highest BCUT2D eigenvalue weighted by Gasteiger charge is 2.11. The van der Waals surface area contributed by atoms with E-state index in [1.807, 2.05) is 22.9 Å². The predicted molar refractivity (Wildman–Crippen MR) is 95.4 cm³/mol. The predicted octanol–water partition coefficient (Wildman–Crippen LogP) is 6.10. The number of hydrogen-bond donors (Lipinski definition) is 1. The Morgan fingerprint density at radius 2 is 1.92 bits per heavy atom. The van der Waals surface area contributed by atoms with Crippen molar-refractivity contribution in [1.29, 1.82) is 0 Å². The Hall–Kier alpha value is -2.38. The van der Waals surface area contributed by atoms with Crippen LogP contribution in [0.1, 0.15) is 12.0 Å². The summed E-state index contributed by atoms with van der Waals surface area (Å²) < 4.78 is 26.6. The fraction of sp³-hybridized carbons (Fsp3) is 0.0588. The van der Waals surface area contributed by atoms with Crippen LogP contribution in [0.3, 0.4) is 0 Å². The molecule has 4 rings (SSSR count). The van der Waals surface area contributed by atoms with Crippen LogP contribution >= 0.6 is 22.7 Å². The molecule has 0 aliphatic rings. The zero-order chi connectivity index (χ0) is 16.5. The van der Waals surface area contributed by atoms with Crippen LogP contribution in [0.15, 0.2) is 53.5 Å². The van der Waals surface area contributed by atoms with E-state index >= 15 is 0 Å². The first kappa shape index (κ1) is 15.2. The quantitative estimate of drug-likeness (QED) is 0.478. The lowest BCUT2D eigenvalue weighted by Gasteiger charge is -2.06. The van der Waals surface area contributed by atoms with Gasteiger partial charge in [0.2, 0.25) is 0 Å². The maximum absolute atomic E-state index is 12.8. The molecule has 1 aromatic carbocycles. The SMILES string of the molecule is FC(F)c1cccc(Nc2csc(-c3ncnc4ccsc34)c2)c1. The summed E-state index contributed by atoms with van der Waals surface area (Å²) >= 11 is 3.16. The van der Waals surface area contributed by atoms with E-state index < -0.39 is 6.43 Å². The molecule has 24 heavy (non-hydrogen) atoms. The van der Waals surface area contributed by atoms with Crippen molar-refractivity contribution in [2.75, 3.05) is 5.32 Å². The third-order valence-corrected chi connectivity index (χ3v) is 5.35. The minimum absolute atomic E-state index is 0.00606. The average Bonchev–Trinajstić information content (AvgIpc) is 3.23. The molecule has 0 saturated carbocycles. The highest BCUT2D eigenvalue weighted by molar-refractivity contribution is 7.19. The number of alkyl halides is 2. The van der Waals surface area contributed by atoms with Crippen LogP contribution in [0.5, 0.6) is 0 Å². The summed E-state index contributed by atoms with van der Waals surface area (Å²) in [5.41, 5.74) is 3.32. The third kappa shape index (κ3) is 2.88. The summed E-state index contributed by atoms with van der Waals surface area (Å²) in [4.78, 5) is 9.65. The van der Waals surface area contributed by atoms with E-state index in [-0.39, 0.29) is 5.56 Å². The maximum Gasteiger partial charge on any atom is 0.263 e. The van der Waals surface area contributed by atoms with E-state index in [0.29, 0.717) is 5.69 Å². The second kappa shape index (κ2) is 6.26. The van der Waals surface area contributed by atoms with Gasteiger partial charge in [0.05, 0.1) is 15.1 Å². The second-order valence-corrected chi connectivity index (χ2v) is 6.94. The Labute approximate surface area is 144 Å². The van der Waals surface area contributed by atoms with Crippen molar-refractivity contribution in [2.24, 2.45) is 0 Å². The maximum atomic E-state index is 12.8. The lowest BCUT2D eigenvalue weighted by atomic mass is 10.2. The number of halogens is 2. The van der Waals surface area contributed by atoms with Crippen molar-refractivity contribution in [2.45, 2.75) is 6.43 Å². The lowest BCUT2D eigenvalue weighted by Crippen LogP contribution is -1.90. The molecule has 0 amide bonds. The summed E-state index contributed by atoms with van der Waals surface area (Å²) in [5.74, 6) is 0. The molecule has 0 spiro atoms. The average molecular weight is 359 g/mol. The van der Waals surface area contributed by atoms with Crippen molar-refractivity contribution < 1.29 is 8.78 Å². The van der Waals surface area contributed by atoms with Gasteiger partial charge in [-0.05, 0) is 29.6 Å². The van der Waals surface area contributed by atoms with Gasteiger partial charge < -0.3 is 5.32 Å². The van der Waals surface area contributed by atoms with Crippen molar-refractivity contribution >= 4 is 44.3 Å². The Morgan fingerprint density at radius 1 is 1.00 bits per heavy atom.